The molecule has 3 amide bonds. The van der Waals surface area contributed by atoms with Gasteiger partial charge in [-0.05, 0) is 73.5 Å². The van der Waals surface area contributed by atoms with Crippen LogP contribution in [0.3, 0.4) is 0 Å². The standard InChI is InChI=1S/C27H48BN3O9/c1-17(2)19(30-22(35)38-24(3,4)5)20(32)29-18-12-15-31(23(36)37)27(16-18,21(33)34)13-10-11-14-28-39-25(6,7)26(8,9)40-28/h17-19H,10-16H2,1-9H3,(H,29,32)(H,30,35)(H,33,34)(H,36,37)/t18-,19-,27+/m0/s1. The number of carboxylic acids is 1. The largest absolute Gasteiger partial charge is 0.479 e. The zero-order chi connectivity index (χ0) is 30.7. The lowest BCUT2D eigenvalue weighted by Gasteiger charge is -2.45. The molecule has 0 spiro atoms. The van der Waals surface area contributed by atoms with Gasteiger partial charge in [0.1, 0.15) is 17.2 Å². The molecule has 0 aromatic heterocycles. The summed E-state index contributed by atoms with van der Waals surface area (Å²) in [4.78, 5) is 51.2. The maximum Gasteiger partial charge on any atom is 0.457 e. The van der Waals surface area contributed by atoms with E-state index in [4.69, 9.17) is 14.0 Å². The number of amides is 3. The van der Waals surface area contributed by atoms with Gasteiger partial charge in [-0.25, -0.2) is 14.4 Å². The first-order chi connectivity index (χ1) is 18.2. The zero-order valence-electron chi connectivity index (χ0n) is 25.5. The molecule has 2 rings (SSSR count). The van der Waals surface area contributed by atoms with E-state index in [2.05, 4.69) is 10.6 Å². The number of hydrogen-bond donors (Lipinski definition) is 4. The fourth-order valence-corrected chi connectivity index (χ4v) is 5.14. The van der Waals surface area contributed by atoms with Crippen molar-refractivity contribution in [2.75, 3.05) is 6.54 Å². The second kappa shape index (κ2) is 12.5. The van der Waals surface area contributed by atoms with Gasteiger partial charge in [0.2, 0.25) is 5.91 Å². The lowest BCUT2D eigenvalue weighted by atomic mass is 9.77. The minimum absolute atomic E-state index is 0.0460. The van der Waals surface area contributed by atoms with Crippen LogP contribution in [0.5, 0.6) is 0 Å². The quantitative estimate of drug-likeness (QED) is 0.226. The third-order valence-electron chi connectivity index (χ3n) is 7.98. The average Bonchev–Trinajstić information content (AvgIpc) is 2.99. The Morgan fingerprint density at radius 2 is 1.62 bits per heavy atom. The third kappa shape index (κ3) is 8.25. The van der Waals surface area contributed by atoms with Crippen molar-refractivity contribution >= 4 is 31.2 Å². The number of unbranched alkanes of at least 4 members (excludes halogenated alkanes) is 1. The van der Waals surface area contributed by atoms with Crippen LogP contribution < -0.4 is 10.6 Å². The molecule has 13 heteroatoms. The highest BCUT2D eigenvalue weighted by atomic mass is 16.7. The molecule has 228 valence electrons. The van der Waals surface area contributed by atoms with Crippen molar-refractivity contribution in [2.24, 2.45) is 5.92 Å². The SMILES string of the molecule is CC(C)[C@H](NC(=O)OC(C)(C)C)C(=O)N[C@H]1CCN(C(=O)O)[C@@](CCCCB2OC(C)(C)C(C)(C)O2)(C(=O)O)C1. The van der Waals surface area contributed by atoms with Crippen LogP contribution in [0.25, 0.3) is 0 Å². The van der Waals surface area contributed by atoms with Crippen LogP contribution in [0, 0.1) is 5.92 Å². The van der Waals surface area contributed by atoms with Crippen molar-refractivity contribution in [2.45, 2.75) is 135 Å². The molecule has 12 nitrogen and oxygen atoms in total. The number of aliphatic carboxylic acids is 1. The Bertz CT molecular complexity index is 934. The first-order valence-electron chi connectivity index (χ1n) is 14.1. The molecule has 2 aliphatic heterocycles. The molecule has 3 atom stereocenters. The summed E-state index contributed by atoms with van der Waals surface area (Å²) in [5.74, 6) is -2.00. The van der Waals surface area contributed by atoms with Gasteiger partial charge in [-0.1, -0.05) is 26.7 Å². The van der Waals surface area contributed by atoms with Crippen molar-refractivity contribution in [1.82, 2.24) is 15.5 Å². The number of carbonyl (C=O) groups excluding carboxylic acids is 2. The number of carboxylic acid groups (broad SMARTS) is 2. The highest BCUT2D eigenvalue weighted by Crippen LogP contribution is 2.39. The van der Waals surface area contributed by atoms with E-state index in [9.17, 15) is 29.4 Å². The van der Waals surface area contributed by atoms with Gasteiger partial charge in [0.15, 0.2) is 0 Å². The Labute approximate surface area is 238 Å². The number of ether oxygens (including phenoxy) is 1. The van der Waals surface area contributed by atoms with Crippen molar-refractivity contribution in [3.63, 3.8) is 0 Å². The second-order valence-electron chi connectivity index (χ2n) is 13.3. The molecule has 4 N–H and O–H groups in total. The van der Waals surface area contributed by atoms with Gasteiger partial charge in [0.05, 0.1) is 11.2 Å². The molecule has 0 radical (unpaired) electrons. The van der Waals surface area contributed by atoms with Crippen LogP contribution in [0.2, 0.25) is 6.32 Å². The Morgan fingerprint density at radius 1 is 1.05 bits per heavy atom. The van der Waals surface area contributed by atoms with E-state index < -0.39 is 65.6 Å². The smallest absolute Gasteiger partial charge is 0.457 e. The summed E-state index contributed by atoms with van der Waals surface area (Å²) in [7, 11) is -0.426. The second-order valence-corrected chi connectivity index (χ2v) is 13.3. The number of likely N-dealkylation sites (tertiary alicyclic amines) is 1. The first kappa shape index (κ1) is 33.7. The summed E-state index contributed by atoms with van der Waals surface area (Å²) in [5.41, 5.74) is -3.39. The summed E-state index contributed by atoms with van der Waals surface area (Å²) in [6.07, 6.45) is -0.270. The zero-order valence-corrected chi connectivity index (χ0v) is 25.5. The van der Waals surface area contributed by atoms with Crippen LogP contribution in [0.15, 0.2) is 0 Å². The molecule has 0 unspecified atom stereocenters. The van der Waals surface area contributed by atoms with E-state index in [1.54, 1.807) is 34.6 Å². The highest BCUT2D eigenvalue weighted by molar-refractivity contribution is 6.45. The van der Waals surface area contributed by atoms with Gasteiger partial charge in [0.25, 0.3) is 0 Å². The normalized spacial score (nSPS) is 24.9. The van der Waals surface area contributed by atoms with Crippen LogP contribution in [-0.4, -0.2) is 87.3 Å². The minimum atomic E-state index is -1.70. The lowest BCUT2D eigenvalue weighted by molar-refractivity contribution is -0.154. The average molecular weight is 570 g/mol. The molecular weight excluding hydrogens is 521 g/mol. The van der Waals surface area contributed by atoms with E-state index in [-0.39, 0.29) is 31.7 Å². The predicted molar refractivity (Wildman–Crippen MR) is 149 cm³/mol. The van der Waals surface area contributed by atoms with Gasteiger partial charge in [-0.2, -0.15) is 0 Å². The fourth-order valence-electron chi connectivity index (χ4n) is 5.14. The highest BCUT2D eigenvalue weighted by Gasteiger charge is 2.52. The number of alkyl carbamates (subject to hydrolysis) is 1. The molecule has 40 heavy (non-hydrogen) atoms. The molecule has 0 bridgehead atoms. The summed E-state index contributed by atoms with van der Waals surface area (Å²) in [6, 6.07) is -1.50. The third-order valence-corrected chi connectivity index (χ3v) is 7.98. The topological polar surface area (TPSA) is 164 Å². The number of carbonyl (C=O) groups is 4. The summed E-state index contributed by atoms with van der Waals surface area (Å²) < 4.78 is 17.3. The van der Waals surface area contributed by atoms with E-state index in [1.165, 1.54) is 0 Å². The van der Waals surface area contributed by atoms with E-state index in [0.29, 0.717) is 19.2 Å². The number of nitrogens with zero attached hydrogens (tertiary/aromatic N) is 1. The van der Waals surface area contributed by atoms with E-state index >= 15 is 0 Å². The predicted octanol–water partition coefficient (Wildman–Crippen LogP) is 3.88. The maximum absolute atomic E-state index is 13.2. The van der Waals surface area contributed by atoms with Crippen LogP contribution in [0.4, 0.5) is 9.59 Å². The first-order valence-corrected chi connectivity index (χ1v) is 14.1. The van der Waals surface area contributed by atoms with Crippen molar-refractivity contribution in [3.8, 4) is 0 Å². The Balaban J connectivity index is 2.09. The van der Waals surface area contributed by atoms with Gasteiger partial charge < -0.3 is 34.9 Å². The van der Waals surface area contributed by atoms with Crippen molar-refractivity contribution < 1.29 is 43.4 Å². The number of hydrogen-bond acceptors (Lipinski definition) is 7. The molecular formula is C27H48BN3O9. The van der Waals surface area contributed by atoms with Crippen LogP contribution in [-0.2, 0) is 23.6 Å². The number of nitrogens with one attached hydrogen (secondary N) is 2. The van der Waals surface area contributed by atoms with Crippen LogP contribution >= 0.6 is 0 Å². The van der Waals surface area contributed by atoms with Crippen molar-refractivity contribution in [3.05, 3.63) is 0 Å². The summed E-state index contributed by atoms with van der Waals surface area (Å²) in [6.45, 7) is 16.5. The van der Waals surface area contributed by atoms with Gasteiger partial charge >= 0.3 is 25.3 Å². The summed E-state index contributed by atoms with van der Waals surface area (Å²) in [5, 5.41) is 25.6. The van der Waals surface area contributed by atoms with Crippen LogP contribution in [0.1, 0.15) is 94.4 Å². The monoisotopic (exact) mass is 569 g/mol. The number of rotatable bonds is 10. The Kier molecular flexibility index (Phi) is 10.6. The molecule has 0 saturated carbocycles. The molecule has 0 aliphatic carbocycles. The Morgan fingerprint density at radius 3 is 2.10 bits per heavy atom. The van der Waals surface area contributed by atoms with Gasteiger partial charge in [-0.15, -0.1) is 0 Å². The summed E-state index contributed by atoms with van der Waals surface area (Å²) >= 11 is 0. The molecule has 2 saturated heterocycles. The van der Waals surface area contributed by atoms with E-state index in [1.807, 2.05) is 27.7 Å². The Hall–Kier alpha value is -2.54. The number of piperidine rings is 1. The van der Waals surface area contributed by atoms with Crippen molar-refractivity contribution in [1.29, 1.82) is 0 Å². The van der Waals surface area contributed by atoms with E-state index in [0.717, 1.165) is 4.90 Å². The molecule has 2 fully saturated rings. The van der Waals surface area contributed by atoms with Gasteiger partial charge in [0, 0.05) is 19.0 Å². The molecule has 2 aliphatic rings. The lowest BCUT2D eigenvalue weighted by Crippen LogP contribution is -2.64. The maximum atomic E-state index is 13.2. The molecule has 2 heterocycles. The minimum Gasteiger partial charge on any atom is -0.479 e. The fraction of sp³-hybridized carbons (Fsp3) is 0.852. The molecule has 0 aromatic carbocycles. The van der Waals surface area contributed by atoms with Gasteiger partial charge in [-0.3, -0.25) is 9.69 Å². The molecule has 0 aromatic rings.